The van der Waals surface area contributed by atoms with Crippen molar-refractivity contribution in [3.05, 3.63) is 12.4 Å². The van der Waals surface area contributed by atoms with Gasteiger partial charge < -0.3 is 20.2 Å². The van der Waals surface area contributed by atoms with Crippen molar-refractivity contribution in [2.45, 2.75) is 12.6 Å². The minimum absolute atomic E-state index is 0.694. The van der Waals surface area contributed by atoms with Crippen LogP contribution in [0.5, 0.6) is 0 Å². The number of carboxylic acid groups (broad SMARTS) is 1. The molecular formula is C9H17N3O2. The summed E-state index contributed by atoms with van der Waals surface area (Å²) in [6.45, 7) is 3.18. The highest BCUT2D eigenvalue weighted by atomic mass is 16.4. The lowest BCUT2D eigenvalue weighted by molar-refractivity contribution is -0.149. The highest BCUT2D eigenvalue weighted by molar-refractivity contribution is 5.78. The molecule has 1 heterocycles. The van der Waals surface area contributed by atoms with Gasteiger partial charge in [0.15, 0.2) is 0 Å². The first-order valence-electron chi connectivity index (χ1n) is 4.56. The van der Waals surface area contributed by atoms with E-state index in [0.29, 0.717) is 6.54 Å². The molecule has 2 N–H and O–H groups in total. The second-order valence-electron chi connectivity index (χ2n) is 3.83. The molecule has 0 aromatic rings. The van der Waals surface area contributed by atoms with Crippen LogP contribution in [0.25, 0.3) is 0 Å². The Hall–Kier alpha value is -1.23. The molecule has 0 aromatic carbocycles. The smallest absolute Gasteiger partial charge is 0.350 e. The second kappa shape index (κ2) is 3.88. The first kappa shape index (κ1) is 10.8. The van der Waals surface area contributed by atoms with Crippen molar-refractivity contribution in [2.24, 2.45) is 0 Å². The van der Waals surface area contributed by atoms with Crippen LogP contribution in [0.4, 0.5) is 0 Å². The van der Waals surface area contributed by atoms with Crippen molar-refractivity contribution in [1.82, 2.24) is 15.1 Å². The molecule has 0 spiro atoms. The molecule has 1 rings (SSSR count). The van der Waals surface area contributed by atoms with Crippen molar-refractivity contribution >= 4 is 5.97 Å². The lowest BCUT2D eigenvalue weighted by atomic mass is 10.2. The summed E-state index contributed by atoms with van der Waals surface area (Å²) in [6.07, 6.45) is 3.45. The van der Waals surface area contributed by atoms with E-state index < -0.39 is 11.6 Å². The molecular weight excluding hydrogens is 182 g/mol. The van der Waals surface area contributed by atoms with E-state index in [1.807, 2.05) is 19.0 Å². The first-order valence-corrected chi connectivity index (χ1v) is 4.56. The Kier molecular flexibility index (Phi) is 3.00. The summed E-state index contributed by atoms with van der Waals surface area (Å²) in [5.41, 5.74) is -0.990. The van der Waals surface area contributed by atoms with E-state index >= 15 is 0 Å². The summed E-state index contributed by atoms with van der Waals surface area (Å²) < 4.78 is 0. The summed E-state index contributed by atoms with van der Waals surface area (Å²) in [6, 6.07) is 0. The molecule has 5 nitrogen and oxygen atoms in total. The molecule has 1 aliphatic heterocycles. The number of likely N-dealkylation sites (N-methyl/N-ethyl adjacent to an activating group) is 1. The van der Waals surface area contributed by atoms with E-state index in [4.69, 9.17) is 5.11 Å². The molecule has 0 amide bonds. The molecule has 1 atom stereocenters. The topological polar surface area (TPSA) is 55.8 Å². The Labute approximate surface area is 84.0 Å². The number of carboxylic acids is 1. The minimum atomic E-state index is -0.990. The predicted octanol–water partition coefficient (Wildman–Crippen LogP) is -0.275. The molecule has 0 aromatic heterocycles. The highest BCUT2D eigenvalue weighted by Gasteiger charge is 2.39. The van der Waals surface area contributed by atoms with Gasteiger partial charge in [-0.15, -0.1) is 0 Å². The lowest BCUT2D eigenvalue weighted by Crippen LogP contribution is -2.56. The average molecular weight is 199 g/mol. The Bertz CT molecular complexity index is 252. The van der Waals surface area contributed by atoms with Gasteiger partial charge in [-0.3, -0.25) is 0 Å². The van der Waals surface area contributed by atoms with Crippen LogP contribution in [0.1, 0.15) is 6.92 Å². The van der Waals surface area contributed by atoms with E-state index in [9.17, 15) is 4.79 Å². The summed E-state index contributed by atoms with van der Waals surface area (Å²) in [5.74, 6) is -0.860. The van der Waals surface area contributed by atoms with Crippen LogP contribution in [-0.4, -0.2) is 53.7 Å². The summed E-state index contributed by atoms with van der Waals surface area (Å²) in [5, 5.41) is 11.9. The van der Waals surface area contributed by atoms with Crippen LogP contribution >= 0.6 is 0 Å². The van der Waals surface area contributed by atoms with Gasteiger partial charge in [-0.05, 0) is 21.0 Å². The molecule has 80 valence electrons. The van der Waals surface area contributed by atoms with Crippen LogP contribution < -0.4 is 5.32 Å². The molecule has 0 aliphatic carbocycles. The monoisotopic (exact) mass is 199 g/mol. The van der Waals surface area contributed by atoms with Crippen molar-refractivity contribution < 1.29 is 9.90 Å². The molecule has 0 fully saturated rings. The molecule has 1 unspecified atom stereocenters. The molecule has 0 radical (unpaired) electrons. The van der Waals surface area contributed by atoms with Crippen LogP contribution in [0, 0.1) is 0 Å². The van der Waals surface area contributed by atoms with Gasteiger partial charge in [0.2, 0.25) is 5.66 Å². The maximum absolute atomic E-state index is 11.0. The second-order valence-corrected chi connectivity index (χ2v) is 3.83. The maximum Gasteiger partial charge on any atom is 0.350 e. The van der Waals surface area contributed by atoms with Crippen LogP contribution in [0.2, 0.25) is 0 Å². The molecule has 1 aliphatic rings. The quantitative estimate of drug-likeness (QED) is 0.652. The number of hydrogen-bond acceptors (Lipinski definition) is 4. The van der Waals surface area contributed by atoms with Gasteiger partial charge in [-0.2, -0.15) is 0 Å². The molecule has 14 heavy (non-hydrogen) atoms. The third-order valence-corrected chi connectivity index (χ3v) is 2.40. The number of nitrogens with one attached hydrogen (secondary N) is 1. The van der Waals surface area contributed by atoms with Crippen LogP contribution in [0.3, 0.4) is 0 Å². The summed E-state index contributed by atoms with van der Waals surface area (Å²) in [7, 11) is 3.93. The van der Waals surface area contributed by atoms with Crippen molar-refractivity contribution in [2.75, 3.05) is 27.2 Å². The number of hydrogen-bond donors (Lipinski definition) is 2. The van der Waals surface area contributed by atoms with E-state index in [1.54, 1.807) is 24.2 Å². The number of carbonyl (C=O) groups is 1. The standard InChI is InChI=1S/C9H17N3O2/c1-9(8(13)14)10-4-5-12(9)7-6-11(2)3/h4-5,10H,6-7H2,1-3H3,(H,13,14). The molecule has 0 saturated carbocycles. The SMILES string of the molecule is CN(C)CCN1C=CNC1(C)C(=O)O. The molecule has 0 bridgehead atoms. The number of rotatable bonds is 4. The van der Waals surface area contributed by atoms with Gasteiger partial charge in [0.05, 0.1) is 0 Å². The zero-order valence-corrected chi connectivity index (χ0v) is 8.82. The van der Waals surface area contributed by atoms with Crippen LogP contribution in [-0.2, 0) is 4.79 Å². The Morgan fingerprint density at radius 1 is 1.64 bits per heavy atom. The largest absolute Gasteiger partial charge is 0.478 e. The van der Waals surface area contributed by atoms with Gasteiger partial charge in [0.1, 0.15) is 0 Å². The van der Waals surface area contributed by atoms with Crippen molar-refractivity contribution in [3.8, 4) is 0 Å². The minimum Gasteiger partial charge on any atom is -0.478 e. The number of nitrogens with zero attached hydrogens (tertiary/aromatic N) is 2. The van der Waals surface area contributed by atoms with Gasteiger partial charge in [0, 0.05) is 25.5 Å². The Morgan fingerprint density at radius 3 is 2.79 bits per heavy atom. The zero-order chi connectivity index (χ0) is 10.8. The fourth-order valence-electron chi connectivity index (χ4n) is 1.31. The van der Waals surface area contributed by atoms with Crippen molar-refractivity contribution in [1.29, 1.82) is 0 Å². The highest BCUT2D eigenvalue weighted by Crippen LogP contribution is 2.17. The summed E-state index contributed by atoms with van der Waals surface area (Å²) >= 11 is 0. The predicted molar refractivity (Wildman–Crippen MR) is 53.6 cm³/mol. The lowest BCUT2D eigenvalue weighted by Gasteiger charge is -2.32. The fourth-order valence-corrected chi connectivity index (χ4v) is 1.31. The molecule has 5 heteroatoms. The fraction of sp³-hybridized carbons (Fsp3) is 0.667. The molecule has 0 saturated heterocycles. The Morgan fingerprint density at radius 2 is 2.29 bits per heavy atom. The maximum atomic E-state index is 11.0. The first-order chi connectivity index (χ1) is 6.47. The van der Waals surface area contributed by atoms with E-state index in [-0.39, 0.29) is 0 Å². The van der Waals surface area contributed by atoms with Gasteiger partial charge in [-0.25, -0.2) is 4.79 Å². The third-order valence-electron chi connectivity index (χ3n) is 2.40. The summed E-state index contributed by atoms with van der Waals surface area (Å²) in [4.78, 5) is 14.8. The zero-order valence-electron chi connectivity index (χ0n) is 8.82. The van der Waals surface area contributed by atoms with Crippen LogP contribution in [0.15, 0.2) is 12.4 Å². The van der Waals surface area contributed by atoms with E-state index in [1.165, 1.54) is 0 Å². The van der Waals surface area contributed by atoms with Gasteiger partial charge in [-0.1, -0.05) is 0 Å². The van der Waals surface area contributed by atoms with E-state index in [0.717, 1.165) is 6.54 Å². The van der Waals surface area contributed by atoms with Crippen molar-refractivity contribution in [3.63, 3.8) is 0 Å². The average Bonchev–Trinajstić information content (AvgIpc) is 2.45. The van der Waals surface area contributed by atoms with Gasteiger partial charge in [0.25, 0.3) is 0 Å². The third kappa shape index (κ3) is 1.98. The normalized spacial score (nSPS) is 25.6. The number of aliphatic carboxylic acids is 1. The Balaban J connectivity index is 2.59. The van der Waals surface area contributed by atoms with Gasteiger partial charge >= 0.3 is 5.97 Å². The van der Waals surface area contributed by atoms with E-state index in [2.05, 4.69) is 5.32 Å².